The number of nitrogens with zero attached hydrogens (tertiary/aromatic N) is 2. The number of halogens is 2. The molecule has 1 spiro atoms. The normalized spacial score (nSPS) is 20.8. The molecule has 184 valence electrons. The molecule has 4 rings (SSSR count). The maximum atomic E-state index is 14.4. The van der Waals surface area contributed by atoms with Gasteiger partial charge in [-0.2, -0.15) is 0 Å². The molecule has 0 amide bonds. The number of nitrogen functional groups attached to an aromatic ring is 1. The monoisotopic (exact) mass is 477 g/mol. The van der Waals surface area contributed by atoms with E-state index in [1.807, 2.05) is 19.1 Å². The van der Waals surface area contributed by atoms with E-state index in [0.29, 0.717) is 22.5 Å². The fraction of sp³-hybridized carbons (Fsp3) is 0.321. The Kier molecular flexibility index (Phi) is 7.36. The average Bonchev–Trinajstić information content (AvgIpc) is 3.29. The first kappa shape index (κ1) is 24.7. The van der Waals surface area contributed by atoms with Crippen LogP contribution in [0.5, 0.6) is 0 Å². The van der Waals surface area contributed by atoms with Crippen molar-refractivity contribution < 1.29 is 8.78 Å². The summed E-state index contributed by atoms with van der Waals surface area (Å²) in [6, 6.07) is 6.84. The van der Waals surface area contributed by atoms with Crippen molar-refractivity contribution >= 4 is 11.4 Å². The Morgan fingerprint density at radius 1 is 1.23 bits per heavy atom. The van der Waals surface area contributed by atoms with Crippen molar-refractivity contribution in [2.75, 3.05) is 31.9 Å². The molecule has 0 radical (unpaired) electrons. The number of anilines is 1. The number of pyridine rings is 1. The van der Waals surface area contributed by atoms with Crippen molar-refractivity contribution in [1.82, 2.24) is 20.5 Å². The van der Waals surface area contributed by atoms with Gasteiger partial charge in [0, 0.05) is 25.0 Å². The summed E-state index contributed by atoms with van der Waals surface area (Å²) in [5.41, 5.74) is 9.47. The molecule has 1 atom stereocenters. The topological polar surface area (TPSA) is 66.2 Å². The lowest BCUT2D eigenvalue weighted by molar-refractivity contribution is 0.133. The molecule has 2 aromatic rings. The van der Waals surface area contributed by atoms with Gasteiger partial charge in [-0.05, 0) is 63.1 Å². The standard InChI is InChI=1S/C28H33F2N5/c1-4-8-25(35-16-7-13-28(18-35)14-15-32-17-28)23(5-2)33-19(3)27-22(31)11-12-24(34-27)26-20(29)9-6-10-21(26)30/h4-6,8-12,32-33H,1,3,7,13-18,31H2,2H3/b23-5+,25-8+. The van der Waals surface area contributed by atoms with Crippen molar-refractivity contribution in [1.29, 1.82) is 0 Å². The van der Waals surface area contributed by atoms with Gasteiger partial charge in [0.25, 0.3) is 0 Å². The third kappa shape index (κ3) is 5.15. The molecule has 2 aliphatic rings. The van der Waals surface area contributed by atoms with Crippen LogP contribution in [-0.4, -0.2) is 36.1 Å². The minimum Gasteiger partial charge on any atom is -0.397 e. The summed E-state index contributed by atoms with van der Waals surface area (Å²) in [5, 5.41) is 6.87. The first-order chi connectivity index (χ1) is 16.9. The fourth-order valence-electron chi connectivity index (χ4n) is 5.13. The Bertz CT molecular complexity index is 1160. The zero-order valence-corrected chi connectivity index (χ0v) is 20.2. The largest absolute Gasteiger partial charge is 0.397 e. The second kappa shape index (κ2) is 10.4. The van der Waals surface area contributed by atoms with Gasteiger partial charge in [-0.1, -0.05) is 31.4 Å². The van der Waals surface area contributed by atoms with E-state index in [2.05, 4.69) is 33.7 Å². The molecule has 7 heteroatoms. The van der Waals surface area contributed by atoms with Crippen LogP contribution in [0, 0.1) is 17.0 Å². The maximum absolute atomic E-state index is 14.4. The summed E-state index contributed by atoms with van der Waals surface area (Å²) < 4.78 is 28.7. The number of likely N-dealkylation sites (tertiary alicyclic amines) is 1. The van der Waals surface area contributed by atoms with Crippen LogP contribution in [0.25, 0.3) is 17.0 Å². The number of benzene rings is 1. The minimum absolute atomic E-state index is 0.156. The summed E-state index contributed by atoms with van der Waals surface area (Å²) in [6.45, 7) is 14.0. The molecule has 0 saturated carbocycles. The van der Waals surface area contributed by atoms with Gasteiger partial charge in [0.2, 0.25) is 0 Å². The van der Waals surface area contributed by atoms with Gasteiger partial charge in [-0.3, -0.25) is 0 Å². The zero-order chi connectivity index (χ0) is 25.0. The lowest BCUT2D eigenvalue weighted by Gasteiger charge is -2.42. The van der Waals surface area contributed by atoms with E-state index in [4.69, 9.17) is 5.73 Å². The Morgan fingerprint density at radius 2 is 2.00 bits per heavy atom. The van der Waals surface area contributed by atoms with E-state index >= 15 is 0 Å². The number of allylic oxidation sites excluding steroid dienone is 3. The quantitative estimate of drug-likeness (QED) is 0.477. The second-order valence-corrected chi connectivity index (χ2v) is 9.28. The molecule has 1 unspecified atom stereocenters. The number of hydrogen-bond acceptors (Lipinski definition) is 5. The highest BCUT2D eigenvalue weighted by atomic mass is 19.1. The molecule has 2 aliphatic heterocycles. The van der Waals surface area contributed by atoms with Crippen LogP contribution in [0.2, 0.25) is 0 Å². The number of rotatable bonds is 7. The van der Waals surface area contributed by atoms with Crippen LogP contribution in [0.15, 0.2) is 73.1 Å². The summed E-state index contributed by atoms with van der Waals surface area (Å²) in [5.74, 6) is -1.37. The first-order valence-corrected chi connectivity index (χ1v) is 12.0. The van der Waals surface area contributed by atoms with Crippen LogP contribution < -0.4 is 16.4 Å². The predicted molar refractivity (Wildman–Crippen MR) is 139 cm³/mol. The van der Waals surface area contributed by atoms with Gasteiger partial charge >= 0.3 is 0 Å². The van der Waals surface area contributed by atoms with E-state index in [0.717, 1.165) is 44.0 Å². The van der Waals surface area contributed by atoms with Crippen molar-refractivity contribution in [3.63, 3.8) is 0 Å². The highest BCUT2D eigenvalue weighted by Gasteiger charge is 2.38. The van der Waals surface area contributed by atoms with E-state index in [9.17, 15) is 8.78 Å². The molecule has 2 saturated heterocycles. The SMILES string of the molecule is C=C/C=C(\C(=C/C)NC(=C)c1nc(-c2c(F)cccc2F)ccc1N)N1CCCC2(CCNC2)C1. The first-order valence-electron chi connectivity index (χ1n) is 12.0. The lowest BCUT2D eigenvalue weighted by Crippen LogP contribution is -2.44. The Labute approximate surface area is 206 Å². The smallest absolute Gasteiger partial charge is 0.135 e. The molecule has 0 bridgehead atoms. The number of nitrogens with one attached hydrogen (secondary N) is 2. The predicted octanol–water partition coefficient (Wildman–Crippen LogP) is 5.22. The molecule has 1 aromatic heterocycles. The van der Waals surface area contributed by atoms with Gasteiger partial charge in [0.15, 0.2) is 0 Å². The Morgan fingerprint density at radius 3 is 2.66 bits per heavy atom. The average molecular weight is 478 g/mol. The third-order valence-electron chi connectivity index (χ3n) is 6.89. The van der Waals surface area contributed by atoms with E-state index in [1.165, 1.54) is 37.1 Å². The Balaban J connectivity index is 1.60. The molecule has 4 N–H and O–H groups in total. The number of aromatic nitrogens is 1. The molecule has 1 aromatic carbocycles. The van der Waals surface area contributed by atoms with Gasteiger partial charge in [0.05, 0.1) is 34.0 Å². The summed E-state index contributed by atoms with van der Waals surface area (Å²) in [6.07, 6.45) is 9.29. The molecular weight excluding hydrogens is 444 g/mol. The van der Waals surface area contributed by atoms with Gasteiger partial charge in [-0.25, -0.2) is 13.8 Å². The highest BCUT2D eigenvalue weighted by molar-refractivity contribution is 5.74. The number of piperidine rings is 1. The summed E-state index contributed by atoms with van der Waals surface area (Å²) in [4.78, 5) is 6.87. The van der Waals surface area contributed by atoms with Crippen LogP contribution in [-0.2, 0) is 0 Å². The van der Waals surface area contributed by atoms with E-state index < -0.39 is 11.6 Å². The Hall–Kier alpha value is -3.45. The van der Waals surface area contributed by atoms with Gasteiger partial charge in [0.1, 0.15) is 17.3 Å². The second-order valence-electron chi connectivity index (χ2n) is 9.28. The highest BCUT2D eigenvalue weighted by Crippen LogP contribution is 2.38. The van der Waals surface area contributed by atoms with Gasteiger partial charge in [-0.15, -0.1) is 0 Å². The lowest BCUT2D eigenvalue weighted by atomic mass is 9.79. The summed E-state index contributed by atoms with van der Waals surface area (Å²) in [7, 11) is 0. The number of hydrogen-bond donors (Lipinski definition) is 3. The fourth-order valence-corrected chi connectivity index (χ4v) is 5.13. The zero-order valence-electron chi connectivity index (χ0n) is 20.2. The van der Waals surface area contributed by atoms with Crippen molar-refractivity contribution in [3.8, 4) is 11.3 Å². The van der Waals surface area contributed by atoms with Crippen LogP contribution in [0.1, 0.15) is 31.9 Å². The number of nitrogens with two attached hydrogens (primary N) is 1. The minimum atomic E-state index is -0.683. The van der Waals surface area contributed by atoms with E-state index in [-0.39, 0.29) is 11.3 Å². The van der Waals surface area contributed by atoms with Crippen molar-refractivity contribution in [3.05, 3.63) is 90.4 Å². The van der Waals surface area contributed by atoms with Crippen LogP contribution >= 0.6 is 0 Å². The van der Waals surface area contributed by atoms with Gasteiger partial charge < -0.3 is 21.3 Å². The third-order valence-corrected chi connectivity index (χ3v) is 6.89. The molecule has 2 fully saturated rings. The molecule has 0 aliphatic carbocycles. The molecule has 5 nitrogen and oxygen atoms in total. The van der Waals surface area contributed by atoms with Crippen LogP contribution in [0.3, 0.4) is 0 Å². The molecule has 3 heterocycles. The maximum Gasteiger partial charge on any atom is 0.135 e. The summed E-state index contributed by atoms with van der Waals surface area (Å²) >= 11 is 0. The van der Waals surface area contributed by atoms with Crippen LogP contribution in [0.4, 0.5) is 14.5 Å². The van der Waals surface area contributed by atoms with Crippen molar-refractivity contribution in [2.24, 2.45) is 5.41 Å². The molecule has 35 heavy (non-hydrogen) atoms. The molecular formula is C28H33F2N5. The van der Waals surface area contributed by atoms with Crippen molar-refractivity contribution in [2.45, 2.75) is 26.2 Å². The van der Waals surface area contributed by atoms with E-state index in [1.54, 1.807) is 12.1 Å².